The average Bonchev–Trinajstić information content (AvgIpc) is 3.27. The Morgan fingerprint density at radius 1 is 0.744 bits per heavy atom. The van der Waals surface area contributed by atoms with Gasteiger partial charge in [-0.2, -0.15) is 0 Å². The van der Waals surface area contributed by atoms with Crippen molar-refractivity contribution in [3.63, 3.8) is 0 Å². The Labute approximate surface area is 247 Å². The third kappa shape index (κ3) is 7.46. The monoisotopic (exact) mass is 631 g/mol. The lowest BCUT2D eigenvalue weighted by molar-refractivity contribution is -0.297. The molecular weight excluding hydrogens is 584 g/mol. The standard InChI is InChI=1S/C25H47F2N5O11/c1-7-15(34)17(36)12(5-28)39-23(7)42-20-13(6-33)40-25(18(20)37)43-21-16(35)9(30)4-10(31)19(21)41-24-8(29)2-3-11(38-24)14(32)22(26)27/h7-25,33-37H,2-6,28-32H2,1H3/t7-,8-,9-,10+,11+,12+,13-,14-,15-,16+,17-,18-,19-,20-,21-,23?,24-,25+/m1/s1. The third-order valence-corrected chi connectivity index (χ3v) is 8.81. The average molecular weight is 632 g/mol. The van der Waals surface area contributed by atoms with Gasteiger partial charge in [-0.05, 0) is 19.3 Å². The zero-order valence-corrected chi connectivity index (χ0v) is 23.8. The molecule has 0 aromatic heterocycles. The van der Waals surface area contributed by atoms with Crippen LogP contribution in [0, 0.1) is 5.92 Å². The molecule has 3 heterocycles. The second kappa shape index (κ2) is 14.8. The van der Waals surface area contributed by atoms with E-state index in [4.69, 9.17) is 57.1 Å². The fourth-order valence-corrected chi connectivity index (χ4v) is 6.04. The molecule has 0 amide bonds. The molecule has 1 saturated carbocycles. The molecule has 0 spiro atoms. The molecule has 4 fully saturated rings. The molecule has 1 aliphatic carbocycles. The van der Waals surface area contributed by atoms with Crippen molar-refractivity contribution >= 4 is 0 Å². The van der Waals surface area contributed by atoms with Crippen LogP contribution < -0.4 is 28.7 Å². The van der Waals surface area contributed by atoms with E-state index in [1.807, 2.05) is 0 Å². The molecule has 3 saturated heterocycles. The maximum Gasteiger partial charge on any atom is 0.256 e. The number of aliphatic hydroxyl groups is 5. The molecular formula is C25H47F2N5O11. The van der Waals surface area contributed by atoms with Gasteiger partial charge in [0.15, 0.2) is 18.9 Å². The lowest BCUT2D eigenvalue weighted by Crippen LogP contribution is -2.65. The van der Waals surface area contributed by atoms with Crippen LogP contribution in [-0.2, 0) is 28.4 Å². The van der Waals surface area contributed by atoms with Crippen molar-refractivity contribution in [2.75, 3.05) is 13.2 Å². The largest absolute Gasteiger partial charge is 0.394 e. The third-order valence-electron chi connectivity index (χ3n) is 8.81. The van der Waals surface area contributed by atoms with Crippen molar-refractivity contribution in [2.24, 2.45) is 34.6 Å². The van der Waals surface area contributed by atoms with Crippen molar-refractivity contribution in [3.8, 4) is 0 Å². The van der Waals surface area contributed by atoms with Gasteiger partial charge in [0.05, 0.1) is 37.0 Å². The first-order valence-electron chi connectivity index (χ1n) is 14.5. The van der Waals surface area contributed by atoms with Crippen LogP contribution >= 0.6 is 0 Å². The summed E-state index contributed by atoms with van der Waals surface area (Å²) in [5.74, 6) is -0.750. The van der Waals surface area contributed by atoms with Crippen LogP contribution in [0.3, 0.4) is 0 Å². The first-order chi connectivity index (χ1) is 20.3. The van der Waals surface area contributed by atoms with Crippen LogP contribution in [0.1, 0.15) is 26.2 Å². The summed E-state index contributed by atoms with van der Waals surface area (Å²) < 4.78 is 61.5. The highest BCUT2D eigenvalue weighted by Crippen LogP contribution is 2.35. The fraction of sp³-hybridized carbons (Fsp3) is 1.00. The van der Waals surface area contributed by atoms with Gasteiger partial charge < -0.3 is 82.6 Å². The SMILES string of the molecule is C[C@H]1C(O[C@H]2[C@@H](O)[C@H](O[C@@H]3[C@@H](O)[C@H](N)C[C@H](N)[C@H]3O[C@H]3O[C@H]([C@@H](N)C(F)F)CC[C@H]3N)O[C@@H]2CO)O[C@@H](CN)[C@@H](O)[C@@H]1O. The molecule has 3 aliphatic heterocycles. The summed E-state index contributed by atoms with van der Waals surface area (Å²) in [6, 6.07) is -3.99. The van der Waals surface area contributed by atoms with E-state index in [0.717, 1.165) is 0 Å². The van der Waals surface area contributed by atoms with Gasteiger partial charge >= 0.3 is 0 Å². The Balaban J connectivity index is 1.48. The number of nitrogens with two attached hydrogens (primary N) is 5. The first-order valence-corrected chi connectivity index (χ1v) is 14.5. The lowest BCUT2D eigenvalue weighted by atomic mass is 9.84. The molecule has 0 radical (unpaired) electrons. The van der Waals surface area contributed by atoms with Gasteiger partial charge in [0.25, 0.3) is 6.43 Å². The van der Waals surface area contributed by atoms with Gasteiger partial charge in [-0.25, -0.2) is 8.78 Å². The van der Waals surface area contributed by atoms with Crippen LogP contribution in [0.4, 0.5) is 8.78 Å². The number of rotatable bonds is 10. The van der Waals surface area contributed by atoms with Crippen LogP contribution in [0.2, 0.25) is 0 Å². The zero-order chi connectivity index (χ0) is 31.7. The van der Waals surface area contributed by atoms with Gasteiger partial charge in [0, 0.05) is 24.5 Å². The van der Waals surface area contributed by atoms with E-state index >= 15 is 0 Å². The van der Waals surface area contributed by atoms with Gasteiger partial charge in [-0.3, -0.25) is 0 Å². The molecule has 18 heteroatoms. The van der Waals surface area contributed by atoms with Crippen LogP contribution in [-0.4, -0.2) is 149 Å². The molecule has 43 heavy (non-hydrogen) atoms. The summed E-state index contributed by atoms with van der Waals surface area (Å²) in [5, 5.41) is 52.8. The van der Waals surface area contributed by atoms with E-state index in [-0.39, 0.29) is 25.8 Å². The Morgan fingerprint density at radius 3 is 2.00 bits per heavy atom. The van der Waals surface area contributed by atoms with E-state index < -0.39 is 123 Å². The topological polar surface area (TPSA) is 287 Å². The molecule has 4 aliphatic rings. The number of ether oxygens (including phenoxy) is 6. The first kappa shape index (κ1) is 35.1. The minimum Gasteiger partial charge on any atom is -0.394 e. The minimum atomic E-state index is -2.83. The summed E-state index contributed by atoms with van der Waals surface area (Å²) in [4.78, 5) is 0. The predicted octanol–water partition coefficient (Wildman–Crippen LogP) is -4.89. The summed E-state index contributed by atoms with van der Waals surface area (Å²) in [6.07, 6.45) is -18.4. The Bertz CT molecular complexity index is 889. The maximum atomic E-state index is 13.2. The molecule has 18 atom stereocenters. The highest BCUT2D eigenvalue weighted by atomic mass is 19.3. The second-order valence-corrected chi connectivity index (χ2v) is 11.9. The second-order valence-electron chi connectivity index (χ2n) is 11.9. The number of hydrogen-bond acceptors (Lipinski definition) is 16. The van der Waals surface area contributed by atoms with E-state index in [0.29, 0.717) is 0 Å². The van der Waals surface area contributed by atoms with Crippen molar-refractivity contribution in [1.82, 2.24) is 0 Å². The molecule has 0 bridgehead atoms. The Kier molecular flexibility index (Phi) is 12.0. The zero-order valence-electron chi connectivity index (χ0n) is 23.8. The molecule has 1 unspecified atom stereocenters. The normalized spacial score (nSPS) is 50.2. The van der Waals surface area contributed by atoms with Crippen molar-refractivity contribution in [1.29, 1.82) is 0 Å². The highest BCUT2D eigenvalue weighted by Gasteiger charge is 2.53. The number of halogens is 2. The van der Waals surface area contributed by atoms with Crippen molar-refractivity contribution < 1.29 is 62.7 Å². The smallest absolute Gasteiger partial charge is 0.256 e. The van der Waals surface area contributed by atoms with E-state index in [1.54, 1.807) is 6.92 Å². The number of aliphatic hydroxyl groups excluding tert-OH is 5. The number of hydrogen-bond donors (Lipinski definition) is 10. The van der Waals surface area contributed by atoms with Crippen LogP contribution in [0.15, 0.2) is 0 Å². The van der Waals surface area contributed by atoms with Crippen LogP contribution in [0.5, 0.6) is 0 Å². The molecule has 0 aromatic carbocycles. The Morgan fingerprint density at radius 2 is 1.37 bits per heavy atom. The van der Waals surface area contributed by atoms with E-state index in [2.05, 4.69) is 0 Å². The fourth-order valence-electron chi connectivity index (χ4n) is 6.04. The summed E-state index contributed by atoms with van der Waals surface area (Å²) >= 11 is 0. The molecule has 15 N–H and O–H groups in total. The number of alkyl halides is 2. The summed E-state index contributed by atoms with van der Waals surface area (Å²) in [6.45, 7) is 0.834. The Hall–Kier alpha value is -0.780. The summed E-state index contributed by atoms with van der Waals surface area (Å²) in [5.41, 5.74) is 29.8. The molecule has 252 valence electrons. The molecule has 0 aromatic rings. The van der Waals surface area contributed by atoms with Gasteiger partial charge in [-0.15, -0.1) is 0 Å². The van der Waals surface area contributed by atoms with Crippen molar-refractivity contribution in [3.05, 3.63) is 0 Å². The van der Waals surface area contributed by atoms with Gasteiger partial charge in [0.2, 0.25) is 0 Å². The molecule has 4 rings (SSSR count). The van der Waals surface area contributed by atoms with E-state index in [1.165, 1.54) is 0 Å². The van der Waals surface area contributed by atoms with E-state index in [9.17, 15) is 34.3 Å². The van der Waals surface area contributed by atoms with Crippen LogP contribution in [0.25, 0.3) is 0 Å². The summed E-state index contributed by atoms with van der Waals surface area (Å²) in [7, 11) is 0. The highest BCUT2D eigenvalue weighted by molar-refractivity contribution is 5.01. The quantitative estimate of drug-likeness (QED) is 0.108. The predicted molar refractivity (Wildman–Crippen MR) is 142 cm³/mol. The van der Waals surface area contributed by atoms with Gasteiger partial charge in [0.1, 0.15) is 42.7 Å². The van der Waals surface area contributed by atoms with Crippen molar-refractivity contribution in [2.45, 2.75) is 137 Å². The minimum absolute atomic E-state index is 0.0973. The van der Waals surface area contributed by atoms with Gasteiger partial charge in [-0.1, -0.05) is 6.92 Å². The maximum absolute atomic E-state index is 13.2. The molecule has 16 nitrogen and oxygen atoms in total. The lowest BCUT2D eigenvalue weighted by Gasteiger charge is -2.46.